The molecule has 0 spiro atoms. The second-order valence-corrected chi connectivity index (χ2v) is 5.44. The van der Waals surface area contributed by atoms with Gasteiger partial charge in [0.1, 0.15) is 5.69 Å². The number of nitrogens with one attached hydrogen (secondary N) is 1. The molecule has 6 heteroatoms. The van der Waals surface area contributed by atoms with Gasteiger partial charge in [-0.25, -0.2) is 4.79 Å². The molecule has 116 valence electrons. The fraction of sp³-hybridized carbons (Fsp3) is 0.0588. The van der Waals surface area contributed by atoms with Gasteiger partial charge in [-0.1, -0.05) is 23.7 Å². The fourth-order valence-corrected chi connectivity index (χ4v) is 2.59. The Bertz CT molecular complexity index is 931. The Hall–Kier alpha value is -2.79. The SMILES string of the molecule is COC(=O)c1cccc(C(=O)c2[nH]c3cc(Cl)ccc3c2N)c1. The fourth-order valence-electron chi connectivity index (χ4n) is 2.42. The average Bonchev–Trinajstić information content (AvgIpc) is 2.89. The van der Waals surface area contributed by atoms with Crippen molar-refractivity contribution in [1.29, 1.82) is 0 Å². The number of hydrogen-bond donors (Lipinski definition) is 2. The summed E-state index contributed by atoms with van der Waals surface area (Å²) in [5.74, 6) is -0.809. The number of ether oxygens (including phenoxy) is 1. The van der Waals surface area contributed by atoms with Crippen molar-refractivity contribution in [3.63, 3.8) is 0 Å². The maximum atomic E-state index is 12.7. The number of hydrogen-bond acceptors (Lipinski definition) is 4. The lowest BCUT2D eigenvalue weighted by Gasteiger charge is -2.03. The smallest absolute Gasteiger partial charge is 0.337 e. The van der Waals surface area contributed by atoms with Crippen LogP contribution in [0.5, 0.6) is 0 Å². The first kappa shape index (κ1) is 15.1. The number of methoxy groups -OCH3 is 1. The van der Waals surface area contributed by atoms with Crippen molar-refractivity contribution < 1.29 is 14.3 Å². The van der Waals surface area contributed by atoms with Crippen LogP contribution in [0, 0.1) is 0 Å². The summed E-state index contributed by atoms with van der Waals surface area (Å²) in [5, 5.41) is 1.27. The van der Waals surface area contributed by atoms with Gasteiger partial charge in [0.05, 0.1) is 18.4 Å². The lowest BCUT2D eigenvalue weighted by atomic mass is 10.0. The molecular formula is C17H13ClN2O3. The van der Waals surface area contributed by atoms with E-state index in [0.717, 1.165) is 5.39 Å². The Balaban J connectivity index is 2.07. The van der Waals surface area contributed by atoms with Crippen molar-refractivity contribution in [2.75, 3.05) is 12.8 Å². The van der Waals surface area contributed by atoms with Gasteiger partial charge in [0.15, 0.2) is 0 Å². The second kappa shape index (κ2) is 5.78. The summed E-state index contributed by atoms with van der Waals surface area (Å²) in [6, 6.07) is 11.5. The summed E-state index contributed by atoms with van der Waals surface area (Å²) in [6.45, 7) is 0. The predicted molar refractivity (Wildman–Crippen MR) is 88.9 cm³/mol. The molecule has 0 radical (unpaired) electrons. The quantitative estimate of drug-likeness (QED) is 0.570. The molecule has 0 aliphatic rings. The van der Waals surface area contributed by atoms with Gasteiger partial charge in [0, 0.05) is 21.5 Å². The zero-order chi connectivity index (χ0) is 16.6. The number of H-pyrrole nitrogens is 1. The van der Waals surface area contributed by atoms with E-state index in [1.165, 1.54) is 13.2 Å². The highest BCUT2D eigenvalue weighted by Crippen LogP contribution is 2.28. The predicted octanol–water partition coefficient (Wildman–Crippen LogP) is 3.42. The van der Waals surface area contributed by atoms with Crippen molar-refractivity contribution in [1.82, 2.24) is 4.98 Å². The van der Waals surface area contributed by atoms with E-state index in [1.807, 2.05) is 0 Å². The minimum absolute atomic E-state index is 0.268. The van der Waals surface area contributed by atoms with Crippen molar-refractivity contribution in [2.24, 2.45) is 0 Å². The summed E-state index contributed by atoms with van der Waals surface area (Å²) >= 11 is 5.95. The molecule has 0 bridgehead atoms. The van der Waals surface area contributed by atoms with Crippen molar-refractivity contribution >= 4 is 39.9 Å². The van der Waals surface area contributed by atoms with Gasteiger partial charge in [-0.15, -0.1) is 0 Å². The first-order chi connectivity index (χ1) is 11.0. The molecule has 5 nitrogen and oxygen atoms in total. The Morgan fingerprint density at radius 1 is 1.13 bits per heavy atom. The summed E-state index contributed by atoms with van der Waals surface area (Å²) in [5.41, 5.74) is 8.01. The van der Waals surface area contributed by atoms with Gasteiger partial charge in [0.25, 0.3) is 0 Å². The van der Waals surface area contributed by atoms with Crippen LogP contribution in [0.25, 0.3) is 10.9 Å². The Kier molecular flexibility index (Phi) is 3.80. The molecule has 0 amide bonds. The van der Waals surface area contributed by atoms with Gasteiger partial charge >= 0.3 is 5.97 Å². The van der Waals surface area contributed by atoms with Crippen LogP contribution in [-0.4, -0.2) is 23.8 Å². The standard InChI is InChI=1S/C17H13ClN2O3/c1-23-17(22)10-4-2-3-9(7-10)16(21)15-14(19)12-6-5-11(18)8-13(12)20-15/h2-8,20H,19H2,1H3. The Morgan fingerprint density at radius 3 is 2.61 bits per heavy atom. The molecule has 0 aliphatic heterocycles. The monoisotopic (exact) mass is 328 g/mol. The van der Waals surface area contributed by atoms with Gasteiger partial charge in [-0.2, -0.15) is 0 Å². The van der Waals surface area contributed by atoms with Crippen LogP contribution in [0.1, 0.15) is 26.4 Å². The van der Waals surface area contributed by atoms with E-state index in [1.54, 1.807) is 36.4 Å². The molecule has 0 atom stereocenters. The minimum Gasteiger partial charge on any atom is -0.465 e. The number of aromatic amines is 1. The molecule has 1 aromatic heterocycles. The summed E-state index contributed by atoms with van der Waals surface area (Å²) in [7, 11) is 1.29. The lowest BCUT2D eigenvalue weighted by Crippen LogP contribution is -2.07. The van der Waals surface area contributed by atoms with E-state index in [9.17, 15) is 9.59 Å². The zero-order valence-corrected chi connectivity index (χ0v) is 13.0. The number of nitrogen functional groups attached to an aromatic ring is 1. The number of anilines is 1. The van der Waals surface area contributed by atoms with Gasteiger partial charge in [0.2, 0.25) is 5.78 Å². The van der Waals surface area contributed by atoms with E-state index < -0.39 is 5.97 Å². The number of nitrogens with two attached hydrogens (primary N) is 1. The number of carbonyl (C=O) groups excluding carboxylic acids is 2. The maximum absolute atomic E-state index is 12.7. The topological polar surface area (TPSA) is 85.2 Å². The van der Waals surface area contributed by atoms with Gasteiger partial charge in [-0.3, -0.25) is 4.79 Å². The maximum Gasteiger partial charge on any atom is 0.337 e. The number of rotatable bonds is 3. The van der Waals surface area contributed by atoms with Crippen molar-refractivity contribution in [3.8, 4) is 0 Å². The van der Waals surface area contributed by atoms with Crippen LogP contribution < -0.4 is 5.73 Å². The zero-order valence-electron chi connectivity index (χ0n) is 12.2. The van der Waals surface area contributed by atoms with Gasteiger partial charge in [-0.05, 0) is 30.3 Å². The summed E-state index contributed by atoms with van der Waals surface area (Å²) < 4.78 is 4.66. The van der Waals surface area contributed by atoms with Crippen molar-refractivity contribution in [3.05, 3.63) is 64.3 Å². The molecule has 3 N–H and O–H groups in total. The van der Waals surface area contributed by atoms with Crippen LogP contribution in [0.2, 0.25) is 5.02 Å². The molecule has 0 fully saturated rings. The first-order valence-corrected chi connectivity index (χ1v) is 7.19. The molecule has 3 rings (SSSR count). The summed E-state index contributed by atoms with van der Waals surface area (Å²) in [4.78, 5) is 27.3. The van der Waals surface area contributed by atoms with Crippen LogP contribution in [-0.2, 0) is 4.74 Å². The van der Waals surface area contributed by atoms with E-state index in [-0.39, 0.29) is 11.5 Å². The number of halogens is 1. The number of ketones is 1. The number of aromatic nitrogens is 1. The third-order valence-electron chi connectivity index (χ3n) is 3.57. The highest BCUT2D eigenvalue weighted by molar-refractivity contribution is 6.31. The number of fused-ring (bicyclic) bond motifs is 1. The number of benzene rings is 2. The molecule has 0 saturated heterocycles. The van der Waals surface area contributed by atoms with Gasteiger partial charge < -0.3 is 15.5 Å². The summed E-state index contributed by atoms with van der Waals surface area (Å²) in [6.07, 6.45) is 0. The first-order valence-electron chi connectivity index (χ1n) is 6.81. The van der Waals surface area contributed by atoms with E-state index in [4.69, 9.17) is 17.3 Å². The molecule has 23 heavy (non-hydrogen) atoms. The normalized spacial score (nSPS) is 10.7. The Morgan fingerprint density at radius 2 is 1.87 bits per heavy atom. The van der Waals surface area contributed by atoms with E-state index >= 15 is 0 Å². The third-order valence-corrected chi connectivity index (χ3v) is 3.81. The molecule has 3 aromatic rings. The Labute approximate surface area is 137 Å². The highest BCUT2D eigenvalue weighted by atomic mass is 35.5. The number of carbonyl (C=O) groups is 2. The van der Waals surface area contributed by atoms with Crippen LogP contribution >= 0.6 is 11.6 Å². The van der Waals surface area contributed by atoms with Crippen LogP contribution in [0.3, 0.4) is 0 Å². The average molecular weight is 329 g/mol. The lowest BCUT2D eigenvalue weighted by molar-refractivity contribution is 0.0600. The molecule has 1 heterocycles. The van der Waals surface area contributed by atoms with E-state index in [2.05, 4.69) is 9.72 Å². The second-order valence-electron chi connectivity index (χ2n) is 5.01. The number of esters is 1. The molecule has 0 aliphatic carbocycles. The highest BCUT2D eigenvalue weighted by Gasteiger charge is 2.18. The largest absolute Gasteiger partial charge is 0.465 e. The third kappa shape index (κ3) is 2.66. The van der Waals surface area contributed by atoms with E-state index in [0.29, 0.717) is 27.4 Å². The van der Waals surface area contributed by atoms with Crippen molar-refractivity contribution in [2.45, 2.75) is 0 Å². The molecule has 2 aromatic carbocycles. The van der Waals surface area contributed by atoms with Crippen LogP contribution in [0.4, 0.5) is 5.69 Å². The molecule has 0 unspecified atom stereocenters. The minimum atomic E-state index is -0.504. The molecule has 0 saturated carbocycles. The van der Waals surface area contributed by atoms with Crippen LogP contribution in [0.15, 0.2) is 42.5 Å². The molecular weight excluding hydrogens is 316 g/mol.